The van der Waals surface area contributed by atoms with Crippen LogP contribution >= 0.6 is 0 Å². The molecule has 0 saturated carbocycles. The van der Waals surface area contributed by atoms with E-state index < -0.39 is 68.7 Å². The Morgan fingerprint density at radius 3 is 1.54 bits per heavy atom. The number of hydrogen-bond acceptors (Lipinski definition) is 14. The van der Waals surface area contributed by atoms with Gasteiger partial charge < -0.3 is 54.2 Å². The van der Waals surface area contributed by atoms with Crippen LogP contribution in [0.1, 0.15) is 5.56 Å². The van der Waals surface area contributed by atoms with Gasteiger partial charge in [-0.1, -0.05) is 30.3 Å². The van der Waals surface area contributed by atoms with Gasteiger partial charge in [-0.2, -0.15) is 0 Å². The van der Waals surface area contributed by atoms with Crippen molar-refractivity contribution in [3.8, 4) is 0 Å². The molecule has 14 nitrogen and oxygen atoms in total. The zero-order valence-electron chi connectivity index (χ0n) is 20.4. The van der Waals surface area contributed by atoms with Crippen LogP contribution in [0.5, 0.6) is 0 Å². The number of carboxylic acid groups (broad SMARTS) is 5. The van der Waals surface area contributed by atoms with E-state index in [2.05, 4.69) is 0 Å². The molecule has 1 unspecified atom stereocenters. The second kappa shape index (κ2) is 24.9. The van der Waals surface area contributed by atoms with E-state index in [4.69, 9.17) is 4.74 Å². The summed E-state index contributed by atoms with van der Waals surface area (Å²) in [6.45, 7) is -4.27. The average Bonchev–Trinajstić information content (AvgIpc) is 2.76. The predicted molar refractivity (Wildman–Crippen MR) is 109 cm³/mol. The van der Waals surface area contributed by atoms with Crippen molar-refractivity contribution in [3.63, 3.8) is 0 Å². The van der Waals surface area contributed by atoms with Gasteiger partial charge in [-0.05, 0) is 5.56 Å². The van der Waals surface area contributed by atoms with Crippen LogP contribution in [0.25, 0.3) is 0 Å². The van der Waals surface area contributed by atoms with Crippen molar-refractivity contribution in [3.05, 3.63) is 35.9 Å². The molecule has 1 aromatic carbocycles. The first kappa shape index (κ1) is 43.8. The number of aliphatic carboxylic acids is 5. The molecule has 0 fully saturated rings. The van der Waals surface area contributed by atoms with E-state index in [0.29, 0.717) is 0 Å². The molecule has 1 rings (SSSR count). The molecule has 0 aliphatic heterocycles. The van der Waals surface area contributed by atoms with Crippen molar-refractivity contribution < 1.29 is 174 Å². The van der Waals surface area contributed by atoms with E-state index in [1.54, 1.807) is 30.3 Å². The van der Waals surface area contributed by atoms with Gasteiger partial charge in [0.1, 0.15) is 0 Å². The summed E-state index contributed by atoms with van der Waals surface area (Å²) < 4.78 is 5.41. The Balaban J connectivity index is -0.00000432. The molecule has 0 saturated heterocycles. The Kier molecular flexibility index (Phi) is 28.0. The van der Waals surface area contributed by atoms with Crippen molar-refractivity contribution in [2.75, 3.05) is 59.0 Å². The van der Waals surface area contributed by atoms with E-state index in [0.717, 1.165) is 15.4 Å². The summed E-state index contributed by atoms with van der Waals surface area (Å²) in [6, 6.07) is 7.27. The Labute approximate surface area is 321 Å². The summed E-state index contributed by atoms with van der Waals surface area (Å²) in [5.41, 5.74) is 0.749. The van der Waals surface area contributed by atoms with Gasteiger partial charge in [0.25, 0.3) is 0 Å². The Morgan fingerprint density at radius 2 is 1.08 bits per heavy atom. The number of benzene rings is 1. The van der Waals surface area contributed by atoms with E-state index in [9.17, 15) is 49.5 Å². The molecule has 0 aliphatic rings. The van der Waals surface area contributed by atoms with Crippen molar-refractivity contribution >= 4 is 29.8 Å². The molecule has 0 amide bonds. The van der Waals surface area contributed by atoms with E-state index in [-0.39, 0.29) is 153 Å². The molecule has 0 N–H and O–H groups in total. The smallest absolute Gasteiger partial charge is 0.0734 e. The fourth-order valence-electron chi connectivity index (χ4n) is 3.28. The van der Waals surface area contributed by atoms with E-state index >= 15 is 0 Å². The van der Waals surface area contributed by atoms with Gasteiger partial charge in [0, 0.05) is 172 Å². The minimum absolute atomic E-state index is 0. The van der Waals surface area contributed by atoms with Crippen LogP contribution in [0.15, 0.2) is 30.3 Å². The first-order valence-corrected chi connectivity index (χ1v) is 10.8. The van der Waals surface area contributed by atoms with Gasteiger partial charge in [0.2, 0.25) is 0 Å². The Hall–Kier alpha value is 0.384. The third-order valence-corrected chi connectivity index (χ3v) is 4.93. The van der Waals surface area contributed by atoms with Gasteiger partial charge in [-0.15, -0.1) is 0 Å². The van der Waals surface area contributed by atoms with Crippen LogP contribution in [0.2, 0.25) is 0 Å². The van der Waals surface area contributed by atoms with Crippen LogP contribution in [0.4, 0.5) is 0 Å². The van der Waals surface area contributed by atoms with Crippen LogP contribution in [0, 0.1) is 120 Å². The standard InChI is InChI=1S/C22H31N3O11.3Gd/c26-18(27)10-23(6-7-24(11-19(28)29)12-20(30)31)8-9-25(13-21(32)33)17(22(34)35)15-36-14-16-4-2-1-3-5-16;;;/h1-5,17H,6-15H2,(H,26,27)(H,28,29)(H,30,31)(H,32,33)(H,34,35);;;/p-5. The monoisotopic (exact) mass is 982 g/mol. The number of ether oxygens (including phenoxy) is 1. The summed E-state index contributed by atoms with van der Waals surface area (Å²) in [4.78, 5) is 58.8. The molecule has 39 heavy (non-hydrogen) atoms. The molecule has 0 aliphatic carbocycles. The number of carboxylic acids is 5. The molecule has 0 heterocycles. The molecular weight excluding hydrogens is 954 g/mol. The zero-order valence-corrected chi connectivity index (χ0v) is 27.2. The Bertz CT molecular complexity index is 881. The Morgan fingerprint density at radius 1 is 0.641 bits per heavy atom. The third-order valence-electron chi connectivity index (χ3n) is 4.93. The van der Waals surface area contributed by atoms with Gasteiger partial charge in [-0.25, -0.2) is 0 Å². The number of rotatable bonds is 20. The van der Waals surface area contributed by atoms with Crippen molar-refractivity contribution in [1.29, 1.82) is 0 Å². The minimum Gasteiger partial charge on any atom is -0.549 e. The molecule has 17 heteroatoms. The summed E-state index contributed by atoms with van der Waals surface area (Å²) in [5, 5.41) is 55.7. The molecule has 1 atom stereocenters. The van der Waals surface area contributed by atoms with Crippen LogP contribution in [-0.2, 0) is 35.3 Å². The molecule has 0 aromatic heterocycles. The summed E-state index contributed by atoms with van der Waals surface area (Å²) in [5.74, 6) is -7.85. The maximum Gasteiger partial charge on any atom is 0.0734 e. The fraction of sp³-hybridized carbons (Fsp3) is 0.500. The third kappa shape index (κ3) is 21.7. The quantitative estimate of drug-likeness (QED) is 0.119. The largest absolute Gasteiger partial charge is 0.549 e. The van der Waals surface area contributed by atoms with Crippen LogP contribution < -0.4 is 25.5 Å². The number of hydrogen-bond donors (Lipinski definition) is 0. The van der Waals surface area contributed by atoms with Gasteiger partial charge in [-0.3, -0.25) is 14.7 Å². The van der Waals surface area contributed by atoms with E-state index in [1.807, 2.05) is 0 Å². The summed E-state index contributed by atoms with van der Waals surface area (Å²) in [7, 11) is 0. The number of carbonyl (C=O) groups excluding carboxylic acids is 5. The molecule has 1 aromatic rings. The number of nitrogens with zero attached hydrogens (tertiary/aromatic N) is 3. The molecule has 0 bridgehead atoms. The van der Waals surface area contributed by atoms with Gasteiger partial charge in [0.15, 0.2) is 0 Å². The van der Waals surface area contributed by atoms with E-state index in [1.165, 1.54) is 4.90 Å². The fourth-order valence-corrected chi connectivity index (χ4v) is 3.28. The van der Waals surface area contributed by atoms with Gasteiger partial charge >= 0.3 is 0 Å². The predicted octanol–water partition coefficient (Wildman–Crippen LogP) is -7.77. The first-order valence-electron chi connectivity index (χ1n) is 10.8. The molecule has 224 valence electrons. The van der Waals surface area contributed by atoms with Crippen molar-refractivity contribution in [2.24, 2.45) is 0 Å². The second-order valence-corrected chi connectivity index (χ2v) is 7.78. The average molecular weight is 980 g/mol. The normalized spacial score (nSPS) is 11.2. The first-order chi connectivity index (χ1) is 17.0. The molecular formula is C22H26Gd3N3O11-5. The zero-order chi connectivity index (χ0) is 27.1. The summed E-state index contributed by atoms with van der Waals surface area (Å²) in [6.07, 6.45) is 0. The van der Waals surface area contributed by atoms with Crippen molar-refractivity contribution in [1.82, 2.24) is 14.7 Å². The topological polar surface area (TPSA) is 220 Å². The van der Waals surface area contributed by atoms with Gasteiger partial charge in [0.05, 0.1) is 49.1 Å². The molecule has 0 radical (unpaired) electrons. The SMILES string of the molecule is O=C([O-])CN(CCN(CC(=O)[O-])CC(=O)[O-])CCN(CC(=O)[O-])C(COCc1ccccc1)C(=O)[O-].[Gd].[Gd].[Gd]. The number of carbonyl (C=O) groups is 5. The van der Waals surface area contributed by atoms with Crippen LogP contribution in [-0.4, -0.2) is 110 Å². The van der Waals surface area contributed by atoms with Crippen molar-refractivity contribution in [2.45, 2.75) is 12.6 Å². The second-order valence-electron chi connectivity index (χ2n) is 7.78. The van der Waals surface area contributed by atoms with Crippen LogP contribution in [0.3, 0.4) is 0 Å². The minimum atomic E-state index is -1.62. The molecule has 0 spiro atoms. The maximum absolute atomic E-state index is 11.7. The summed E-state index contributed by atoms with van der Waals surface area (Å²) >= 11 is 0. The maximum atomic E-state index is 11.7.